The highest BCUT2D eigenvalue weighted by molar-refractivity contribution is 5.94. The summed E-state index contributed by atoms with van der Waals surface area (Å²) < 4.78 is 18.2. The van der Waals surface area contributed by atoms with E-state index in [0.717, 1.165) is 11.3 Å². The summed E-state index contributed by atoms with van der Waals surface area (Å²) in [6, 6.07) is 12.9. The van der Waals surface area contributed by atoms with Gasteiger partial charge in [-0.1, -0.05) is 12.1 Å². The summed E-state index contributed by atoms with van der Waals surface area (Å²) in [5, 5.41) is 5.90. The lowest BCUT2D eigenvalue weighted by atomic mass is 10.1. The summed E-state index contributed by atoms with van der Waals surface area (Å²) in [4.78, 5) is 26.3. The predicted molar refractivity (Wildman–Crippen MR) is 105 cm³/mol. The molecule has 28 heavy (non-hydrogen) atoms. The molecule has 1 aliphatic heterocycles. The first-order valence-electron chi connectivity index (χ1n) is 9.29. The van der Waals surface area contributed by atoms with E-state index in [4.69, 9.17) is 4.74 Å². The molecule has 1 aliphatic rings. The minimum Gasteiger partial charge on any atom is -0.378 e. The SMILES string of the molecule is CC(NC(=O)CNc1ccc(C(=O)N2CCOCC2)cc1)c1ccc(F)cc1. The van der Waals surface area contributed by atoms with Crippen LogP contribution in [0.15, 0.2) is 48.5 Å². The lowest BCUT2D eigenvalue weighted by Gasteiger charge is -2.26. The van der Waals surface area contributed by atoms with E-state index in [1.54, 1.807) is 41.3 Å². The number of hydrogen-bond donors (Lipinski definition) is 2. The molecule has 2 aromatic rings. The summed E-state index contributed by atoms with van der Waals surface area (Å²) in [5.41, 5.74) is 2.20. The van der Waals surface area contributed by atoms with Crippen LogP contribution in [0.25, 0.3) is 0 Å². The fourth-order valence-electron chi connectivity index (χ4n) is 2.99. The number of carbonyl (C=O) groups is 2. The van der Waals surface area contributed by atoms with Gasteiger partial charge in [-0.2, -0.15) is 0 Å². The van der Waals surface area contributed by atoms with Gasteiger partial charge in [0.25, 0.3) is 5.91 Å². The lowest BCUT2D eigenvalue weighted by molar-refractivity contribution is -0.120. The van der Waals surface area contributed by atoms with Gasteiger partial charge in [0.1, 0.15) is 5.82 Å². The normalized spacial score (nSPS) is 15.0. The maximum absolute atomic E-state index is 13.0. The monoisotopic (exact) mass is 385 g/mol. The number of hydrogen-bond acceptors (Lipinski definition) is 4. The highest BCUT2D eigenvalue weighted by Crippen LogP contribution is 2.14. The molecule has 2 aromatic carbocycles. The van der Waals surface area contributed by atoms with Gasteiger partial charge >= 0.3 is 0 Å². The van der Waals surface area contributed by atoms with Crippen LogP contribution in [-0.2, 0) is 9.53 Å². The second-order valence-corrected chi connectivity index (χ2v) is 6.68. The molecule has 0 spiro atoms. The Kier molecular flexibility index (Phi) is 6.60. The summed E-state index contributed by atoms with van der Waals surface area (Å²) in [5.74, 6) is -0.495. The van der Waals surface area contributed by atoms with Crippen molar-refractivity contribution in [1.82, 2.24) is 10.2 Å². The number of nitrogens with one attached hydrogen (secondary N) is 2. The van der Waals surface area contributed by atoms with Crippen molar-refractivity contribution in [1.29, 1.82) is 0 Å². The van der Waals surface area contributed by atoms with Gasteiger partial charge in [-0.15, -0.1) is 0 Å². The number of halogens is 1. The Morgan fingerprint density at radius 1 is 1.07 bits per heavy atom. The maximum Gasteiger partial charge on any atom is 0.254 e. The van der Waals surface area contributed by atoms with E-state index >= 15 is 0 Å². The topological polar surface area (TPSA) is 70.7 Å². The molecule has 1 heterocycles. The van der Waals surface area contributed by atoms with Crippen molar-refractivity contribution in [3.8, 4) is 0 Å². The first-order valence-corrected chi connectivity index (χ1v) is 9.29. The van der Waals surface area contributed by atoms with E-state index in [2.05, 4.69) is 10.6 Å². The Balaban J connectivity index is 1.48. The van der Waals surface area contributed by atoms with E-state index in [1.807, 2.05) is 6.92 Å². The van der Waals surface area contributed by atoms with E-state index in [9.17, 15) is 14.0 Å². The lowest BCUT2D eigenvalue weighted by Crippen LogP contribution is -2.40. The standard InChI is InChI=1S/C21H24FN3O3/c1-15(16-2-6-18(22)7-3-16)24-20(26)14-23-19-8-4-17(5-9-19)21(27)25-10-12-28-13-11-25/h2-9,15,23H,10-14H2,1H3,(H,24,26). The van der Waals surface area contributed by atoms with E-state index < -0.39 is 0 Å². The van der Waals surface area contributed by atoms with Crippen molar-refractivity contribution < 1.29 is 18.7 Å². The van der Waals surface area contributed by atoms with Crippen LogP contribution >= 0.6 is 0 Å². The zero-order valence-electron chi connectivity index (χ0n) is 15.8. The number of amides is 2. The van der Waals surface area contributed by atoms with Gasteiger partial charge in [0.2, 0.25) is 5.91 Å². The molecule has 0 radical (unpaired) electrons. The summed E-state index contributed by atoms with van der Waals surface area (Å²) >= 11 is 0. The molecule has 0 aromatic heterocycles. The first-order chi connectivity index (χ1) is 13.5. The molecule has 3 rings (SSSR count). The Labute approximate surface area is 163 Å². The van der Waals surface area contributed by atoms with Crippen LogP contribution in [0.5, 0.6) is 0 Å². The molecule has 0 aliphatic carbocycles. The van der Waals surface area contributed by atoms with Gasteiger partial charge in [-0.25, -0.2) is 4.39 Å². The number of rotatable bonds is 6. The molecule has 2 N–H and O–H groups in total. The van der Waals surface area contributed by atoms with Crippen LogP contribution < -0.4 is 10.6 Å². The molecule has 1 saturated heterocycles. The Morgan fingerprint density at radius 2 is 1.71 bits per heavy atom. The van der Waals surface area contributed by atoms with Crippen LogP contribution in [0, 0.1) is 5.82 Å². The van der Waals surface area contributed by atoms with Crippen LogP contribution in [-0.4, -0.2) is 49.6 Å². The second-order valence-electron chi connectivity index (χ2n) is 6.68. The third-order valence-corrected chi connectivity index (χ3v) is 4.63. The Morgan fingerprint density at radius 3 is 2.36 bits per heavy atom. The maximum atomic E-state index is 13.0. The summed E-state index contributed by atoms with van der Waals surface area (Å²) in [6.07, 6.45) is 0. The molecule has 0 bridgehead atoms. The number of benzene rings is 2. The van der Waals surface area contributed by atoms with E-state index in [-0.39, 0.29) is 30.2 Å². The van der Waals surface area contributed by atoms with Crippen molar-refractivity contribution >= 4 is 17.5 Å². The Hall–Kier alpha value is -2.93. The van der Waals surface area contributed by atoms with E-state index in [1.165, 1.54) is 12.1 Å². The smallest absolute Gasteiger partial charge is 0.254 e. The zero-order chi connectivity index (χ0) is 19.9. The molecule has 6 nitrogen and oxygen atoms in total. The van der Waals surface area contributed by atoms with Crippen LogP contribution in [0.1, 0.15) is 28.9 Å². The molecule has 2 amide bonds. The molecule has 1 fully saturated rings. The number of carbonyl (C=O) groups excluding carboxylic acids is 2. The number of morpholine rings is 1. The molecular formula is C21H24FN3O3. The van der Waals surface area contributed by atoms with Gasteiger partial charge in [0, 0.05) is 24.3 Å². The largest absolute Gasteiger partial charge is 0.378 e. The number of nitrogens with zero attached hydrogens (tertiary/aromatic N) is 1. The van der Waals surface area contributed by atoms with Gasteiger partial charge in [0.15, 0.2) is 0 Å². The third kappa shape index (κ3) is 5.29. The second kappa shape index (κ2) is 9.32. The minimum absolute atomic E-state index is 0.0132. The van der Waals surface area contributed by atoms with Crippen LogP contribution in [0.4, 0.5) is 10.1 Å². The van der Waals surface area contributed by atoms with Gasteiger partial charge in [0.05, 0.1) is 25.8 Å². The minimum atomic E-state index is -0.306. The third-order valence-electron chi connectivity index (χ3n) is 4.63. The predicted octanol–water partition coefficient (Wildman–Crippen LogP) is 2.59. The van der Waals surface area contributed by atoms with Gasteiger partial charge in [-0.05, 0) is 48.9 Å². The fraction of sp³-hybridized carbons (Fsp3) is 0.333. The van der Waals surface area contributed by atoms with Crippen molar-refractivity contribution in [3.05, 3.63) is 65.5 Å². The van der Waals surface area contributed by atoms with Gasteiger partial charge < -0.3 is 20.3 Å². The first kappa shape index (κ1) is 19.8. The van der Waals surface area contributed by atoms with Crippen molar-refractivity contribution in [3.63, 3.8) is 0 Å². The van der Waals surface area contributed by atoms with Crippen molar-refractivity contribution in [2.75, 3.05) is 38.2 Å². The van der Waals surface area contributed by atoms with Crippen molar-refractivity contribution in [2.45, 2.75) is 13.0 Å². The molecule has 7 heteroatoms. The van der Waals surface area contributed by atoms with Crippen LogP contribution in [0.3, 0.4) is 0 Å². The number of anilines is 1. The number of ether oxygens (including phenoxy) is 1. The van der Waals surface area contributed by atoms with Crippen LogP contribution in [0.2, 0.25) is 0 Å². The quantitative estimate of drug-likeness (QED) is 0.802. The molecular weight excluding hydrogens is 361 g/mol. The zero-order valence-corrected chi connectivity index (χ0v) is 15.8. The van der Waals surface area contributed by atoms with Crippen molar-refractivity contribution in [2.24, 2.45) is 0 Å². The average Bonchev–Trinajstić information content (AvgIpc) is 2.73. The molecule has 1 unspecified atom stereocenters. The Bertz CT molecular complexity index is 803. The highest BCUT2D eigenvalue weighted by atomic mass is 19.1. The highest BCUT2D eigenvalue weighted by Gasteiger charge is 2.18. The van der Waals surface area contributed by atoms with E-state index in [0.29, 0.717) is 31.9 Å². The fourth-order valence-corrected chi connectivity index (χ4v) is 2.99. The average molecular weight is 385 g/mol. The molecule has 148 valence electrons. The summed E-state index contributed by atoms with van der Waals surface area (Å²) in [6.45, 7) is 4.28. The molecule has 1 atom stereocenters. The van der Waals surface area contributed by atoms with Gasteiger partial charge in [-0.3, -0.25) is 9.59 Å². The summed E-state index contributed by atoms with van der Waals surface area (Å²) in [7, 11) is 0. The molecule has 0 saturated carbocycles.